The monoisotopic (exact) mass is 394 g/mol. The fourth-order valence-corrected chi connectivity index (χ4v) is 4.16. The van der Waals surface area contributed by atoms with Gasteiger partial charge < -0.3 is 15.2 Å². The molecule has 142 valence electrons. The van der Waals surface area contributed by atoms with Gasteiger partial charge in [0.2, 0.25) is 0 Å². The Hall–Kier alpha value is -2.88. The number of benzene rings is 1. The standard InChI is InChI=1S/C17H15FN2O6S/c1-8(21)26-6-10-7-27-16-12(15(23)20(16)13(10)17(24)25)19-14(22)9-3-2-4-11(18)5-9/h2-5,12,16H,6-7H2,1H3,(H,19,22)(H,24,25)/t12-,16-/m0/s1. The van der Waals surface area contributed by atoms with E-state index in [2.05, 4.69) is 5.32 Å². The van der Waals surface area contributed by atoms with Gasteiger partial charge in [-0.05, 0) is 18.2 Å². The van der Waals surface area contributed by atoms with Gasteiger partial charge in [-0.3, -0.25) is 19.3 Å². The molecule has 27 heavy (non-hydrogen) atoms. The van der Waals surface area contributed by atoms with Gasteiger partial charge in [0.1, 0.15) is 29.5 Å². The summed E-state index contributed by atoms with van der Waals surface area (Å²) in [5, 5.41) is 11.4. The number of halogens is 1. The zero-order valence-corrected chi connectivity index (χ0v) is 14.9. The van der Waals surface area contributed by atoms with Gasteiger partial charge in [0.05, 0.1) is 0 Å². The molecule has 1 aromatic carbocycles. The van der Waals surface area contributed by atoms with E-state index in [0.29, 0.717) is 5.57 Å². The number of hydrogen-bond acceptors (Lipinski definition) is 6. The number of hydrogen-bond donors (Lipinski definition) is 2. The Morgan fingerprint density at radius 3 is 2.78 bits per heavy atom. The van der Waals surface area contributed by atoms with Crippen LogP contribution < -0.4 is 5.32 Å². The zero-order valence-electron chi connectivity index (χ0n) is 14.1. The van der Waals surface area contributed by atoms with E-state index in [4.69, 9.17) is 4.74 Å². The molecule has 0 radical (unpaired) electrons. The lowest BCUT2D eigenvalue weighted by molar-refractivity contribution is -0.149. The van der Waals surface area contributed by atoms with E-state index < -0.39 is 41.0 Å². The molecule has 0 aromatic heterocycles. The largest absolute Gasteiger partial charge is 0.477 e. The summed E-state index contributed by atoms with van der Waals surface area (Å²) in [6.45, 7) is 0.979. The molecule has 2 N–H and O–H groups in total. The molecule has 2 aliphatic heterocycles. The number of esters is 1. The van der Waals surface area contributed by atoms with E-state index in [1.165, 1.54) is 36.9 Å². The molecule has 1 aromatic rings. The SMILES string of the molecule is CC(=O)OCC1=C(C(=O)O)N2C(=O)[C@H](NC(=O)c3cccc(F)c3)[C@@H]2SC1. The Kier molecular flexibility index (Phi) is 5.17. The third kappa shape index (κ3) is 3.65. The lowest BCUT2D eigenvalue weighted by Gasteiger charge is -2.49. The third-order valence-electron chi connectivity index (χ3n) is 4.07. The summed E-state index contributed by atoms with van der Waals surface area (Å²) >= 11 is 1.25. The van der Waals surface area contributed by atoms with Crippen molar-refractivity contribution in [1.29, 1.82) is 0 Å². The maximum Gasteiger partial charge on any atom is 0.352 e. The molecule has 2 atom stereocenters. The normalized spacial score (nSPS) is 21.3. The van der Waals surface area contributed by atoms with Crippen molar-refractivity contribution in [2.24, 2.45) is 0 Å². The van der Waals surface area contributed by atoms with Crippen molar-refractivity contribution < 1.29 is 33.4 Å². The van der Waals surface area contributed by atoms with E-state index in [1.54, 1.807) is 0 Å². The lowest BCUT2D eigenvalue weighted by atomic mass is 10.0. The molecule has 1 saturated heterocycles. The molecule has 0 bridgehead atoms. The number of β-lactam (4-membered cyclic amide) rings is 1. The summed E-state index contributed by atoms with van der Waals surface area (Å²) in [6, 6.07) is 4.10. The van der Waals surface area contributed by atoms with E-state index >= 15 is 0 Å². The van der Waals surface area contributed by atoms with Gasteiger partial charge in [-0.1, -0.05) is 6.07 Å². The number of carboxylic acids is 1. The maximum absolute atomic E-state index is 13.3. The van der Waals surface area contributed by atoms with Crippen molar-refractivity contribution in [3.63, 3.8) is 0 Å². The van der Waals surface area contributed by atoms with E-state index in [9.17, 15) is 28.7 Å². The van der Waals surface area contributed by atoms with Crippen LogP contribution in [0.15, 0.2) is 35.5 Å². The number of thioether (sulfide) groups is 1. The van der Waals surface area contributed by atoms with Crippen molar-refractivity contribution in [3.8, 4) is 0 Å². The zero-order chi connectivity index (χ0) is 19.7. The highest BCUT2D eigenvalue weighted by Crippen LogP contribution is 2.40. The Morgan fingerprint density at radius 2 is 2.15 bits per heavy atom. The van der Waals surface area contributed by atoms with E-state index in [-0.39, 0.29) is 23.6 Å². The second-order valence-corrected chi connectivity index (χ2v) is 7.01. The molecule has 1 fully saturated rings. The molecule has 2 aliphatic rings. The van der Waals surface area contributed by atoms with Gasteiger partial charge in [0, 0.05) is 23.8 Å². The van der Waals surface area contributed by atoms with Crippen molar-refractivity contribution >= 4 is 35.5 Å². The number of amides is 2. The second kappa shape index (κ2) is 7.39. The number of fused-ring (bicyclic) bond motifs is 1. The fourth-order valence-electron chi connectivity index (χ4n) is 2.84. The minimum atomic E-state index is -1.31. The average molecular weight is 394 g/mol. The predicted molar refractivity (Wildman–Crippen MR) is 92.0 cm³/mol. The van der Waals surface area contributed by atoms with Gasteiger partial charge in [0.15, 0.2) is 0 Å². The summed E-state index contributed by atoms with van der Waals surface area (Å²) in [5.41, 5.74) is 0.134. The van der Waals surface area contributed by atoms with Gasteiger partial charge in [0.25, 0.3) is 11.8 Å². The van der Waals surface area contributed by atoms with Crippen LogP contribution in [0, 0.1) is 5.82 Å². The minimum Gasteiger partial charge on any atom is -0.477 e. The average Bonchev–Trinajstić information content (AvgIpc) is 2.63. The molecular weight excluding hydrogens is 379 g/mol. The topological polar surface area (TPSA) is 113 Å². The molecule has 10 heteroatoms. The molecule has 0 spiro atoms. The number of nitrogens with zero attached hydrogens (tertiary/aromatic N) is 1. The number of carbonyl (C=O) groups is 4. The van der Waals surface area contributed by atoms with E-state index in [1.807, 2.05) is 0 Å². The lowest BCUT2D eigenvalue weighted by Crippen LogP contribution is -2.70. The summed E-state index contributed by atoms with van der Waals surface area (Å²) in [7, 11) is 0. The van der Waals surface area contributed by atoms with Crippen LogP contribution >= 0.6 is 11.8 Å². The van der Waals surface area contributed by atoms with Crippen molar-refractivity contribution in [3.05, 3.63) is 46.9 Å². The predicted octanol–water partition coefficient (Wildman–Crippen LogP) is 0.741. The van der Waals surface area contributed by atoms with Crippen molar-refractivity contribution in [1.82, 2.24) is 10.2 Å². The Bertz CT molecular complexity index is 871. The third-order valence-corrected chi connectivity index (χ3v) is 5.41. The summed E-state index contributed by atoms with van der Waals surface area (Å²) < 4.78 is 18.1. The summed E-state index contributed by atoms with van der Waals surface area (Å²) in [4.78, 5) is 48.3. The summed E-state index contributed by atoms with van der Waals surface area (Å²) in [6.07, 6.45) is 0. The van der Waals surface area contributed by atoms with Crippen LogP contribution in [0.3, 0.4) is 0 Å². The Balaban J connectivity index is 1.76. The van der Waals surface area contributed by atoms with Gasteiger partial charge in [-0.15, -0.1) is 11.8 Å². The van der Waals surface area contributed by atoms with E-state index in [0.717, 1.165) is 11.0 Å². The molecule has 0 aliphatic carbocycles. The van der Waals surface area contributed by atoms with Crippen molar-refractivity contribution in [2.75, 3.05) is 12.4 Å². The smallest absolute Gasteiger partial charge is 0.352 e. The molecule has 0 saturated carbocycles. The fraction of sp³-hybridized carbons (Fsp3) is 0.294. The summed E-state index contributed by atoms with van der Waals surface area (Å²) in [5.74, 6) is -3.44. The number of ether oxygens (including phenoxy) is 1. The van der Waals surface area contributed by atoms with Crippen LogP contribution in [-0.4, -0.2) is 57.5 Å². The number of nitrogens with one attached hydrogen (secondary N) is 1. The van der Waals surface area contributed by atoms with Crippen LogP contribution in [0.25, 0.3) is 0 Å². The maximum atomic E-state index is 13.3. The molecule has 8 nitrogen and oxygen atoms in total. The number of carboxylic acid groups (broad SMARTS) is 1. The second-order valence-electron chi connectivity index (χ2n) is 5.91. The highest BCUT2D eigenvalue weighted by molar-refractivity contribution is 8.00. The highest BCUT2D eigenvalue weighted by atomic mass is 32.2. The van der Waals surface area contributed by atoms with Crippen molar-refractivity contribution in [2.45, 2.75) is 18.3 Å². The highest BCUT2D eigenvalue weighted by Gasteiger charge is 2.54. The van der Waals surface area contributed by atoms with Gasteiger partial charge in [-0.2, -0.15) is 0 Å². The van der Waals surface area contributed by atoms with Crippen LogP contribution in [0.2, 0.25) is 0 Å². The number of aliphatic carboxylic acids is 1. The Labute approximate surface area is 157 Å². The number of rotatable bonds is 5. The van der Waals surface area contributed by atoms with Crippen LogP contribution in [-0.2, 0) is 19.1 Å². The minimum absolute atomic E-state index is 0.0617. The number of carbonyl (C=O) groups excluding carboxylic acids is 3. The first-order chi connectivity index (χ1) is 12.8. The first-order valence-electron chi connectivity index (χ1n) is 7.89. The van der Waals surface area contributed by atoms with Gasteiger partial charge >= 0.3 is 11.9 Å². The van der Waals surface area contributed by atoms with Crippen LogP contribution in [0.5, 0.6) is 0 Å². The Morgan fingerprint density at radius 1 is 1.41 bits per heavy atom. The van der Waals surface area contributed by atoms with Gasteiger partial charge in [-0.25, -0.2) is 9.18 Å². The first kappa shape index (κ1) is 18.9. The molecule has 2 amide bonds. The quantitative estimate of drug-likeness (QED) is 0.559. The molecule has 0 unspecified atom stereocenters. The molecule has 3 rings (SSSR count). The first-order valence-corrected chi connectivity index (χ1v) is 8.94. The molecule has 2 heterocycles. The van der Waals surface area contributed by atoms with Crippen LogP contribution in [0.4, 0.5) is 4.39 Å². The molecular formula is C17H15FN2O6S. The van der Waals surface area contributed by atoms with Crippen LogP contribution in [0.1, 0.15) is 17.3 Å².